The average Bonchev–Trinajstić information content (AvgIpc) is 3.26. The summed E-state index contributed by atoms with van der Waals surface area (Å²) in [7, 11) is 0. The molecule has 0 spiro atoms. The van der Waals surface area contributed by atoms with Crippen molar-refractivity contribution in [1.29, 1.82) is 0 Å². The number of carboxylic acids is 1. The molecule has 3 aromatic rings. The first-order valence-corrected chi connectivity index (χ1v) is 9.61. The Kier molecular flexibility index (Phi) is 7.07. The summed E-state index contributed by atoms with van der Waals surface area (Å²) in [6.07, 6.45) is 3.27. The molecule has 7 nitrogen and oxygen atoms in total. The third-order valence-electron chi connectivity index (χ3n) is 4.56. The Morgan fingerprint density at radius 3 is 2.58 bits per heavy atom. The lowest BCUT2D eigenvalue weighted by Crippen LogP contribution is -2.18. The van der Waals surface area contributed by atoms with Gasteiger partial charge in [0.05, 0.1) is 24.4 Å². The quantitative estimate of drug-likeness (QED) is 0.453. The molecular weight excluding hydrogens is 410 g/mol. The number of carbonyl (C=O) groups is 1. The molecule has 9 heteroatoms. The van der Waals surface area contributed by atoms with Gasteiger partial charge in [-0.25, -0.2) is 9.78 Å². The first-order valence-electron chi connectivity index (χ1n) is 9.61. The Labute approximate surface area is 177 Å². The predicted octanol–water partition coefficient (Wildman–Crippen LogP) is 5.49. The van der Waals surface area contributed by atoms with E-state index in [-0.39, 0.29) is 29.7 Å². The smallest absolute Gasteiger partial charge is 0.387 e. The predicted molar refractivity (Wildman–Crippen MR) is 109 cm³/mol. The molecule has 0 saturated heterocycles. The van der Waals surface area contributed by atoms with Crippen LogP contribution in [0.5, 0.6) is 11.5 Å². The number of aromatic carboxylic acids is 1. The molecule has 0 saturated carbocycles. The van der Waals surface area contributed by atoms with Crippen LogP contribution in [0.25, 0.3) is 0 Å². The Hall–Kier alpha value is -3.62. The number of rotatable bonds is 10. The summed E-state index contributed by atoms with van der Waals surface area (Å²) in [6, 6.07) is 10.9. The fourth-order valence-corrected chi connectivity index (χ4v) is 2.86. The summed E-state index contributed by atoms with van der Waals surface area (Å²) in [6.45, 7) is 0.959. The van der Waals surface area contributed by atoms with E-state index in [1.807, 2.05) is 13.8 Å². The van der Waals surface area contributed by atoms with E-state index in [1.54, 1.807) is 35.4 Å². The van der Waals surface area contributed by atoms with E-state index in [1.165, 1.54) is 24.6 Å². The van der Waals surface area contributed by atoms with Crippen molar-refractivity contribution in [3.63, 3.8) is 0 Å². The zero-order chi connectivity index (χ0) is 22.4. The van der Waals surface area contributed by atoms with E-state index in [0.29, 0.717) is 23.6 Å². The van der Waals surface area contributed by atoms with Crippen LogP contribution in [-0.2, 0) is 6.54 Å². The number of ether oxygens (including phenoxy) is 2. The lowest BCUT2D eigenvalue weighted by atomic mass is 10.1. The van der Waals surface area contributed by atoms with Gasteiger partial charge in [-0.3, -0.25) is 0 Å². The van der Waals surface area contributed by atoms with Crippen LogP contribution in [0.1, 0.15) is 36.4 Å². The Morgan fingerprint density at radius 1 is 1.16 bits per heavy atom. The maximum absolute atomic E-state index is 12.9. The van der Waals surface area contributed by atoms with Gasteiger partial charge in [0.2, 0.25) is 0 Å². The molecule has 2 aromatic carbocycles. The second-order valence-corrected chi connectivity index (χ2v) is 6.76. The lowest BCUT2D eigenvalue weighted by molar-refractivity contribution is -0.0519. The van der Waals surface area contributed by atoms with Gasteiger partial charge < -0.3 is 23.9 Å². The Bertz CT molecular complexity index is 1010. The number of halogens is 2. The number of alkyl halides is 2. The molecule has 0 aliphatic carbocycles. The zero-order valence-corrected chi connectivity index (χ0v) is 17.0. The highest BCUT2D eigenvalue weighted by Crippen LogP contribution is 2.37. The molecule has 1 N–H and O–H groups in total. The van der Waals surface area contributed by atoms with Crippen LogP contribution < -0.4 is 14.4 Å². The van der Waals surface area contributed by atoms with Gasteiger partial charge >= 0.3 is 12.6 Å². The molecule has 0 fully saturated rings. The molecule has 1 atom stereocenters. The van der Waals surface area contributed by atoms with Gasteiger partial charge in [0.15, 0.2) is 17.9 Å². The van der Waals surface area contributed by atoms with Gasteiger partial charge in [-0.1, -0.05) is 13.0 Å². The minimum absolute atomic E-state index is 0.0852. The minimum atomic E-state index is -3.00. The normalized spacial score (nSPS) is 11.9. The van der Waals surface area contributed by atoms with Crippen molar-refractivity contribution in [1.82, 2.24) is 4.98 Å². The van der Waals surface area contributed by atoms with Gasteiger partial charge in [-0.05, 0) is 43.7 Å². The molecule has 0 amide bonds. The Balaban J connectivity index is 2.06. The molecule has 1 unspecified atom stereocenters. The van der Waals surface area contributed by atoms with Crippen molar-refractivity contribution in [3.05, 3.63) is 66.4 Å². The number of carboxylic acid groups (broad SMARTS) is 1. The number of hydrogen-bond acceptors (Lipinski definition) is 6. The average molecular weight is 432 g/mol. The standard InChI is InChI=1S/C22H22F2N2O5/c1-3-14(2)30-20-10-17(7-8-19(20)31-22(23)24)26(12-18-11-25-13-29-18)16-6-4-5-15(9-16)21(27)28/h4-11,13-14,22H,3,12H2,1-2H3,(H,27,28). The van der Waals surface area contributed by atoms with Crippen molar-refractivity contribution in [2.24, 2.45) is 0 Å². The van der Waals surface area contributed by atoms with E-state index in [2.05, 4.69) is 9.72 Å². The van der Waals surface area contributed by atoms with E-state index < -0.39 is 12.6 Å². The SMILES string of the molecule is CCC(C)Oc1cc(N(Cc2cnco2)c2cccc(C(=O)O)c2)ccc1OC(F)F. The summed E-state index contributed by atoms with van der Waals surface area (Å²) < 4.78 is 41.5. The fraction of sp³-hybridized carbons (Fsp3) is 0.273. The second-order valence-electron chi connectivity index (χ2n) is 6.76. The number of oxazole rings is 1. The van der Waals surface area contributed by atoms with Crippen molar-refractivity contribution in [3.8, 4) is 11.5 Å². The highest BCUT2D eigenvalue weighted by Gasteiger charge is 2.19. The third-order valence-corrected chi connectivity index (χ3v) is 4.56. The number of hydrogen-bond donors (Lipinski definition) is 1. The number of aromatic nitrogens is 1. The maximum Gasteiger partial charge on any atom is 0.387 e. The highest BCUT2D eigenvalue weighted by molar-refractivity contribution is 5.89. The van der Waals surface area contributed by atoms with E-state index in [0.717, 1.165) is 0 Å². The van der Waals surface area contributed by atoms with Crippen LogP contribution in [0.15, 0.2) is 59.5 Å². The van der Waals surface area contributed by atoms with Gasteiger partial charge in [0.1, 0.15) is 5.76 Å². The van der Waals surface area contributed by atoms with Gasteiger partial charge in [-0.2, -0.15) is 8.78 Å². The topological polar surface area (TPSA) is 85.0 Å². The second kappa shape index (κ2) is 9.92. The van der Waals surface area contributed by atoms with E-state index in [4.69, 9.17) is 9.15 Å². The van der Waals surface area contributed by atoms with Gasteiger partial charge in [0, 0.05) is 17.4 Å². The molecule has 0 aliphatic rings. The molecule has 0 bridgehead atoms. The van der Waals surface area contributed by atoms with E-state index in [9.17, 15) is 18.7 Å². The fourth-order valence-electron chi connectivity index (χ4n) is 2.86. The van der Waals surface area contributed by atoms with Crippen molar-refractivity contribution < 1.29 is 32.6 Å². The molecule has 1 heterocycles. The Morgan fingerprint density at radius 2 is 1.94 bits per heavy atom. The minimum Gasteiger partial charge on any atom is -0.487 e. The summed E-state index contributed by atoms with van der Waals surface area (Å²) in [5.41, 5.74) is 1.24. The highest BCUT2D eigenvalue weighted by atomic mass is 19.3. The number of nitrogens with zero attached hydrogens (tertiary/aromatic N) is 2. The van der Waals surface area contributed by atoms with Crippen LogP contribution in [0.4, 0.5) is 20.2 Å². The summed E-state index contributed by atoms with van der Waals surface area (Å²) in [5, 5.41) is 9.35. The van der Waals surface area contributed by atoms with Crippen LogP contribution in [0, 0.1) is 0 Å². The van der Waals surface area contributed by atoms with Crippen molar-refractivity contribution in [2.45, 2.75) is 39.5 Å². The molecule has 3 rings (SSSR count). The molecule has 164 valence electrons. The maximum atomic E-state index is 12.9. The molecule has 1 aromatic heterocycles. The summed E-state index contributed by atoms with van der Waals surface area (Å²) in [5.74, 6) is -0.469. The largest absolute Gasteiger partial charge is 0.487 e. The first-order chi connectivity index (χ1) is 14.9. The van der Waals surface area contributed by atoms with Crippen LogP contribution in [-0.4, -0.2) is 28.8 Å². The monoisotopic (exact) mass is 432 g/mol. The molecular formula is C22H22F2N2O5. The molecule has 0 aliphatic heterocycles. The first kappa shape index (κ1) is 22.1. The summed E-state index contributed by atoms with van der Waals surface area (Å²) >= 11 is 0. The van der Waals surface area contributed by atoms with Gasteiger partial charge in [-0.15, -0.1) is 0 Å². The number of anilines is 2. The van der Waals surface area contributed by atoms with Gasteiger partial charge in [0.25, 0.3) is 0 Å². The van der Waals surface area contributed by atoms with E-state index >= 15 is 0 Å². The van der Waals surface area contributed by atoms with Crippen LogP contribution in [0.2, 0.25) is 0 Å². The number of benzene rings is 2. The third kappa shape index (κ3) is 5.71. The molecule has 0 radical (unpaired) electrons. The molecule has 31 heavy (non-hydrogen) atoms. The van der Waals surface area contributed by atoms with Crippen molar-refractivity contribution in [2.75, 3.05) is 4.90 Å². The van der Waals surface area contributed by atoms with Crippen LogP contribution >= 0.6 is 0 Å². The van der Waals surface area contributed by atoms with Crippen LogP contribution in [0.3, 0.4) is 0 Å². The van der Waals surface area contributed by atoms with Crippen molar-refractivity contribution >= 4 is 17.3 Å². The summed E-state index contributed by atoms with van der Waals surface area (Å²) in [4.78, 5) is 17.1. The lowest BCUT2D eigenvalue weighted by Gasteiger charge is -2.26. The zero-order valence-electron chi connectivity index (χ0n) is 17.0.